The molecule has 18 heavy (non-hydrogen) atoms. The fourth-order valence-electron chi connectivity index (χ4n) is 1.79. The topological polar surface area (TPSA) is 49.8 Å². The van der Waals surface area contributed by atoms with Crippen LogP contribution in [0.2, 0.25) is 0 Å². The van der Waals surface area contributed by atoms with Crippen molar-refractivity contribution in [2.75, 3.05) is 24.2 Å². The summed E-state index contributed by atoms with van der Waals surface area (Å²) in [4.78, 5) is 8.47. The second-order valence-corrected chi connectivity index (χ2v) is 4.14. The van der Waals surface area contributed by atoms with Crippen LogP contribution in [0.5, 0.6) is 0 Å². The summed E-state index contributed by atoms with van der Waals surface area (Å²) in [5.41, 5.74) is 2.69. The Morgan fingerprint density at radius 2 is 1.89 bits per heavy atom. The molecule has 0 bridgehead atoms. The molecule has 1 aromatic heterocycles. The lowest BCUT2D eigenvalue weighted by molar-refractivity contribution is 0.988. The van der Waals surface area contributed by atoms with Gasteiger partial charge >= 0.3 is 0 Å². The number of rotatable bonds is 5. The van der Waals surface area contributed by atoms with Crippen molar-refractivity contribution >= 4 is 11.6 Å². The van der Waals surface area contributed by atoms with Crippen LogP contribution in [0, 0.1) is 6.92 Å². The Hall–Kier alpha value is -2.10. The molecule has 0 atom stereocenters. The highest BCUT2D eigenvalue weighted by molar-refractivity contribution is 5.41. The van der Waals surface area contributed by atoms with Gasteiger partial charge in [-0.1, -0.05) is 24.3 Å². The van der Waals surface area contributed by atoms with Gasteiger partial charge in [0.05, 0.1) is 12.4 Å². The third kappa shape index (κ3) is 3.20. The average molecular weight is 242 g/mol. The van der Waals surface area contributed by atoms with E-state index in [9.17, 15) is 0 Å². The molecule has 94 valence electrons. The van der Waals surface area contributed by atoms with E-state index < -0.39 is 0 Å². The Labute approximate surface area is 107 Å². The van der Waals surface area contributed by atoms with E-state index in [0.29, 0.717) is 0 Å². The van der Waals surface area contributed by atoms with Crippen molar-refractivity contribution < 1.29 is 0 Å². The molecule has 0 amide bonds. The van der Waals surface area contributed by atoms with Gasteiger partial charge in [-0.2, -0.15) is 0 Å². The van der Waals surface area contributed by atoms with Crippen molar-refractivity contribution in [3.63, 3.8) is 0 Å². The molecule has 0 aliphatic heterocycles. The van der Waals surface area contributed by atoms with Gasteiger partial charge in [0.25, 0.3) is 0 Å². The number of aromatic nitrogens is 2. The van der Waals surface area contributed by atoms with Gasteiger partial charge in [0.2, 0.25) is 0 Å². The van der Waals surface area contributed by atoms with E-state index in [-0.39, 0.29) is 0 Å². The second-order valence-electron chi connectivity index (χ2n) is 4.14. The van der Waals surface area contributed by atoms with Crippen LogP contribution < -0.4 is 10.6 Å². The monoisotopic (exact) mass is 242 g/mol. The van der Waals surface area contributed by atoms with Gasteiger partial charge in [0.1, 0.15) is 11.6 Å². The number of benzene rings is 1. The van der Waals surface area contributed by atoms with Gasteiger partial charge in [0, 0.05) is 13.6 Å². The van der Waals surface area contributed by atoms with E-state index in [0.717, 1.165) is 24.6 Å². The van der Waals surface area contributed by atoms with E-state index in [1.54, 1.807) is 12.4 Å². The smallest absolute Gasteiger partial charge is 0.146 e. The Morgan fingerprint density at radius 3 is 2.67 bits per heavy atom. The zero-order valence-electron chi connectivity index (χ0n) is 10.8. The molecule has 0 saturated carbocycles. The van der Waals surface area contributed by atoms with Gasteiger partial charge < -0.3 is 10.6 Å². The van der Waals surface area contributed by atoms with E-state index >= 15 is 0 Å². The Balaban J connectivity index is 1.90. The third-order valence-electron chi connectivity index (χ3n) is 2.85. The minimum Gasteiger partial charge on any atom is -0.372 e. The first-order valence-electron chi connectivity index (χ1n) is 6.08. The molecule has 4 nitrogen and oxygen atoms in total. The van der Waals surface area contributed by atoms with Crippen molar-refractivity contribution in [1.82, 2.24) is 9.97 Å². The van der Waals surface area contributed by atoms with Crippen LogP contribution in [0.3, 0.4) is 0 Å². The molecule has 0 aliphatic carbocycles. The molecule has 0 fully saturated rings. The van der Waals surface area contributed by atoms with Crippen LogP contribution >= 0.6 is 0 Å². The van der Waals surface area contributed by atoms with Crippen LogP contribution in [0.25, 0.3) is 0 Å². The van der Waals surface area contributed by atoms with Crippen LogP contribution in [-0.4, -0.2) is 23.6 Å². The predicted molar refractivity (Wildman–Crippen MR) is 75.0 cm³/mol. The summed E-state index contributed by atoms with van der Waals surface area (Å²) in [6.45, 7) is 2.99. The molecule has 1 aromatic carbocycles. The third-order valence-corrected chi connectivity index (χ3v) is 2.85. The van der Waals surface area contributed by atoms with Crippen molar-refractivity contribution in [2.24, 2.45) is 0 Å². The largest absolute Gasteiger partial charge is 0.372 e. The summed E-state index contributed by atoms with van der Waals surface area (Å²) in [7, 11) is 1.83. The molecular formula is C14H18N4. The first kappa shape index (κ1) is 12.4. The highest BCUT2D eigenvalue weighted by Gasteiger charge is 1.99. The molecule has 2 aromatic rings. The summed E-state index contributed by atoms with van der Waals surface area (Å²) in [5, 5.41) is 6.25. The zero-order chi connectivity index (χ0) is 12.8. The molecule has 4 heteroatoms. The SMILES string of the molecule is CNc1cncc(NCCc2ccccc2C)n1. The van der Waals surface area contributed by atoms with Gasteiger partial charge in [-0.15, -0.1) is 0 Å². The molecule has 1 heterocycles. The first-order valence-corrected chi connectivity index (χ1v) is 6.08. The minimum absolute atomic E-state index is 0.774. The summed E-state index contributed by atoms with van der Waals surface area (Å²) in [6, 6.07) is 8.43. The van der Waals surface area contributed by atoms with Crippen LogP contribution in [0.4, 0.5) is 11.6 Å². The summed E-state index contributed by atoms with van der Waals surface area (Å²) in [6.07, 6.45) is 4.42. The number of nitrogens with one attached hydrogen (secondary N) is 2. The van der Waals surface area contributed by atoms with Crippen molar-refractivity contribution in [3.05, 3.63) is 47.8 Å². The van der Waals surface area contributed by atoms with Crippen LogP contribution in [0.1, 0.15) is 11.1 Å². The summed E-state index contributed by atoms with van der Waals surface area (Å²) >= 11 is 0. The lowest BCUT2D eigenvalue weighted by Gasteiger charge is -2.08. The maximum absolute atomic E-state index is 4.36. The Kier molecular flexibility index (Phi) is 4.12. The lowest BCUT2D eigenvalue weighted by Crippen LogP contribution is -2.08. The molecular weight excluding hydrogens is 224 g/mol. The Morgan fingerprint density at radius 1 is 1.11 bits per heavy atom. The molecule has 2 rings (SSSR count). The number of aryl methyl sites for hydroxylation is 1. The predicted octanol–water partition coefficient (Wildman–Crippen LogP) is 2.48. The fraction of sp³-hybridized carbons (Fsp3) is 0.286. The van der Waals surface area contributed by atoms with E-state index in [4.69, 9.17) is 0 Å². The summed E-state index contributed by atoms with van der Waals surface area (Å²) in [5.74, 6) is 1.58. The second kappa shape index (κ2) is 6.00. The normalized spacial score (nSPS) is 10.1. The molecule has 0 aliphatic rings. The average Bonchev–Trinajstić information content (AvgIpc) is 2.41. The van der Waals surface area contributed by atoms with Crippen molar-refractivity contribution in [3.8, 4) is 0 Å². The Bertz CT molecular complexity index is 511. The standard InChI is InChI=1S/C14H18N4/c1-11-5-3-4-6-12(11)7-8-17-14-10-16-9-13(15-2)18-14/h3-6,9-10H,7-8H2,1-2H3,(H2,15,17,18). The number of hydrogen-bond donors (Lipinski definition) is 2. The molecule has 2 N–H and O–H groups in total. The van der Waals surface area contributed by atoms with E-state index in [2.05, 4.69) is 51.8 Å². The first-order chi connectivity index (χ1) is 8.79. The van der Waals surface area contributed by atoms with Crippen molar-refractivity contribution in [1.29, 1.82) is 0 Å². The minimum atomic E-state index is 0.774. The molecule has 0 spiro atoms. The van der Waals surface area contributed by atoms with Crippen LogP contribution in [0.15, 0.2) is 36.7 Å². The maximum Gasteiger partial charge on any atom is 0.146 e. The molecule has 0 radical (unpaired) electrons. The fourth-order valence-corrected chi connectivity index (χ4v) is 1.79. The van der Waals surface area contributed by atoms with Crippen molar-refractivity contribution in [2.45, 2.75) is 13.3 Å². The quantitative estimate of drug-likeness (QED) is 0.845. The lowest BCUT2D eigenvalue weighted by atomic mass is 10.1. The molecule has 0 saturated heterocycles. The van der Waals surface area contributed by atoms with E-state index in [1.165, 1.54) is 11.1 Å². The van der Waals surface area contributed by atoms with Crippen LogP contribution in [-0.2, 0) is 6.42 Å². The van der Waals surface area contributed by atoms with Gasteiger partial charge in [-0.05, 0) is 24.5 Å². The van der Waals surface area contributed by atoms with Gasteiger partial charge in [-0.25, -0.2) is 4.98 Å². The molecule has 0 unspecified atom stereocenters. The number of hydrogen-bond acceptors (Lipinski definition) is 4. The van der Waals surface area contributed by atoms with E-state index in [1.807, 2.05) is 7.05 Å². The van der Waals surface area contributed by atoms with Gasteiger partial charge in [-0.3, -0.25) is 4.98 Å². The highest BCUT2D eigenvalue weighted by atomic mass is 15.1. The number of anilines is 2. The number of nitrogens with zero attached hydrogens (tertiary/aromatic N) is 2. The highest BCUT2D eigenvalue weighted by Crippen LogP contribution is 2.09. The summed E-state index contributed by atoms with van der Waals surface area (Å²) < 4.78 is 0. The van der Waals surface area contributed by atoms with Gasteiger partial charge in [0.15, 0.2) is 0 Å². The maximum atomic E-state index is 4.36. The zero-order valence-corrected chi connectivity index (χ0v) is 10.8.